The molecular formula is C25H30O10. The topological polar surface area (TPSA) is 165 Å². The van der Waals surface area contributed by atoms with Crippen LogP contribution in [0, 0.1) is 0 Å². The van der Waals surface area contributed by atoms with Gasteiger partial charge in [0.1, 0.15) is 12.2 Å². The van der Waals surface area contributed by atoms with Gasteiger partial charge in [0.15, 0.2) is 0 Å². The number of carboxylic acid groups (broad SMARTS) is 3. The van der Waals surface area contributed by atoms with E-state index in [4.69, 9.17) is 24.8 Å². The van der Waals surface area contributed by atoms with Gasteiger partial charge in [-0.1, -0.05) is 18.9 Å². The summed E-state index contributed by atoms with van der Waals surface area (Å²) in [6.07, 6.45) is 13.1. The maximum atomic E-state index is 11.6. The second-order valence-electron chi connectivity index (χ2n) is 8.37. The van der Waals surface area contributed by atoms with E-state index in [9.17, 15) is 24.0 Å². The Balaban J connectivity index is 0.000000258. The number of esters is 2. The average Bonchev–Trinajstić information content (AvgIpc) is 2.84. The molecule has 0 aliphatic heterocycles. The van der Waals surface area contributed by atoms with E-state index in [0.29, 0.717) is 0 Å². The number of rotatable bonds is 7. The molecule has 1 aromatic rings. The number of hydrogen-bond donors (Lipinski definition) is 3. The van der Waals surface area contributed by atoms with Crippen molar-refractivity contribution in [3.05, 3.63) is 47.0 Å². The molecule has 35 heavy (non-hydrogen) atoms. The molecule has 0 unspecified atom stereocenters. The zero-order chi connectivity index (χ0) is 25.8. The van der Waals surface area contributed by atoms with E-state index in [2.05, 4.69) is 0 Å². The molecule has 2 fully saturated rings. The van der Waals surface area contributed by atoms with Crippen molar-refractivity contribution >= 4 is 29.8 Å². The molecular weight excluding hydrogens is 460 g/mol. The molecule has 10 nitrogen and oxygen atoms in total. The van der Waals surface area contributed by atoms with Crippen molar-refractivity contribution in [2.75, 3.05) is 0 Å². The second-order valence-corrected chi connectivity index (χ2v) is 8.37. The van der Waals surface area contributed by atoms with Crippen LogP contribution in [-0.2, 0) is 19.1 Å². The van der Waals surface area contributed by atoms with Gasteiger partial charge in [-0.25, -0.2) is 24.0 Å². The predicted molar refractivity (Wildman–Crippen MR) is 122 cm³/mol. The standard InChI is InChI=1S/C16H24O4.C9H6O6/c17-15(19-13-7-3-1-4-8-13)11-12-16(18)20-14-9-5-2-6-10-14;10-7(11)4-2-1-3-5(8(12)13)6(4)9(14)15/h11-14H,1-10H2;1-3H,(H,10,11)(H,12,13)(H,14,15)/b12-11-;. The van der Waals surface area contributed by atoms with Crippen LogP contribution in [0.2, 0.25) is 0 Å². The number of aromatic carboxylic acids is 3. The van der Waals surface area contributed by atoms with Gasteiger partial charge in [0.2, 0.25) is 0 Å². The molecule has 190 valence electrons. The predicted octanol–water partition coefficient (Wildman–Crippen LogP) is 4.08. The second kappa shape index (κ2) is 13.9. The molecule has 10 heteroatoms. The summed E-state index contributed by atoms with van der Waals surface area (Å²) in [7, 11) is 0. The number of ether oxygens (including phenoxy) is 2. The Bertz CT molecular complexity index is 887. The average molecular weight is 491 g/mol. The van der Waals surface area contributed by atoms with Gasteiger partial charge >= 0.3 is 29.8 Å². The molecule has 0 aromatic heterocycles. The maximum absolute atomic E-state index is 11.6. The van der Waals surface area contributed by atoms with Crippen molar-refractivity contribution in [2.24, 2.45) is 0 Å². The number of benzene rings is 1. The van der Waals surface area contributed by atoms with Gasteiger partial charge < -0.3 is 24.8 Å². The maximum Gasteiger partial charge on any atom is 0.337 e. The van der Waals surface area contributed by atoms with Crippen molar-refractivity contribution in [1.29, 1.82) is 0 Å². The fourth-order valence-electron chi connectivity index (χ4n) is 4.05. The smallest absolute Gasteiger partial charge is 0.337 e. The molecule has 2 aliphatic rings. The van der Waals surface area contributed by atoms with Crippen LogP contribution < -0.4 is 0 Å². The van der Waals surface area contributed by atoms with E-state index in [0.717, 1.165) is 63.5 Å². The highest BCUT2D eigenvalue weighted by atomic mass is 16.5. The molecule has 2 saturated carbocycles. The van der Waals surface area contributed by atoms with Crippen LogP contribution in [0.15, 0.2) is 30.4 Å². The SMILES string of the molecule is O=C(/C=C\C(=O)OC1CCCCC1)OC1CCCCC1.O=C(O)c1cccc(C(=O)O)c1C(=O)O. The fourth-order valence-corrected chi connectivity index (χ4v) is 4.05. The third kappa shape index (κ3) is 9.23. The summed E-state index contributed by atoms with van der Waals surface area (Å²) in [5, 5.41) is 26.0. The minimum absolute atomic E-state index is 0.0234. The monoisotopic (exact) mass is 490 g/mol. The summed E-state index contributed by atoms with van der Waals surface area (Å²) < 4.78 is 10.6. The molecule has 0 bridgehead atoms. The molecule has 3 N–H and O–H groups in total. The summed E-state index contributed by atoms with van der Waals surface area (Å²) in [6, 6.07) is 3.26. The van der Waals surface area contributed by atoms with E-state index < -0.39 is 46.5 Å². The zero-order valence-corrected chi connectivity index (χ0v) is 19.3. The van der Waals surface area contributed by atoms with E-state index in [1.807, 2.05) is 0 Å². The summed E-state index contributed by atoms with van der Waals surface area (Å²) >= 11 is 0. The highest BCUT2D eigenvalue weighted by molar-refractivity contribution is 6.09. The Labute approximate surface area is 202 Å². The third-order valence-electron chi connectivity index (χ3n) is 5.76. The van der Waals surface area contributed by atoms with Gasteiger partial charge in [0.05, 0.1) is 16.7 Å². The highest BCUT2D eigenvalue weighted by Gasteiger charge is 2.23. The van der Waals surface area contributed by atoms with Crippen LogP contribution in [0.5, 0.6) is 0 Å². The summed E-state index contributed by atoms with van der Waals surface area (Å²) in [6.45, 7) is 0. The van der Waals surface area contributed by atoms with Crippen LogP contribution in [-0.4, -0.2) is 57.4 Å². The molecule has 3 rings (SSSR count). The van der Waals surface area contributed by atoms with Crippen LogP contribution in [0.4, 0.5) is 0 Å². The minimum Gasteiger partial charge on any atom is -0.478 e. The van der Waals surface area contributed by atoms with Crippen LogP contribution in [0.1, 0.15) is 95.3 Å². The summed E-state index contributed by atoms with van der Waals surface area (Å²) in [5.74, 6) is -5.40. The minimum atomic E-state index is -1.58. The van der Waals surface area contributed by atoms with Crippen LogP contribution in [0.25, 0.3) is 0 Å². The van der Waals surface area contributed by atoms with Gasteiger partial charge in [0, 0.05) is 12.2 Å². The van der Waals surface area contributed by atoms with Gasteiger partial charge in [-0.2, -0.15) is 0 Å². The van der Waals surface area contributed by atoms with Crippen LogP contribution in [0.3, 0.4) is 0 Å². The lowest BCUT2D eigenvalue weighted by atomic mass is 9.98. The molecule has 2 aliphatic carbocycles. The molecule has 0 spiro atoms. The van der Waals surface area contributed by atoms with Gasteiger partial charge in [0.25, 0.3) is 0 Å². The van der Waals surface area contributed by atoms with Crippen molar-refractivity contribution in [3.8, 4) is 0 Å². The lowest BCUT2D eigenvalue weighted by Crippen LogP contribution is -2.21. The van der Waals surface area contributed by atoms with E-state index in [-0.39, 0.29) is 12.2 Å². The van der Waals surface area contributed by atoms with Gasteiger partial charge in [-0.3, -0.25) is 0 Å². The van der Waals surface area contributed by atoms with Crippen molar-refractivity contribution in [2.45, 2.75) is 76.4 Å². The first kappa shape index (κ1) is 27.6. The Morgan fingerprint density at radius 3 is 1.31 bits per heavy atom. The Morgan fingerprint density at radius 2 is 1.00 bits per heavy atom. The quantitative estimate of drug-likeness (QED) is 0.375. The molecule has 0 amide bonds. The Kier molecular flexibility index (Phi) is 10.9. The lowest BCUT2D eigenvalue weighted by Gasteiger charge is -2.21. The molecule has 1 aromatic carbocycles. The fraction of sp³-hybridized carbons (Fsp3) is 0.480. The number of carbonyl (C=O) groups excluding carboxylic acids is 2. The first-order valence-corrected chi connectivity index (χ1v) is 11.6. The molecule has 0 saturated heterocycles. The van der Waals surface area contributed by atoms with E-state index >= 15 is 0 Å². The van der Waals surface area contributed by atoms with E-state index in [1.54, 1.807) is 0 Å². The number of carboxylic acids is 3. The first-order chi connectivity index (χ1) is 16.7. The number of hydrogen-bond acceptors (Lipinski definition) is 7. The van der Waals surface area contributed by atoms with Gasteiger partial charge in [-0.05, 0) is 63.5 Å². The number of carbonyl (C=O) groups is 5. The lowest BCUT2D eigenvalue weighted by molar-refractivity contribution is -0.147. The third-order valence-corrected chi connectivity index (χ3v) is 5.76. The van der Waals surface area contributed by atoms with Crippen molar-refractivity contribution in [1.82, 2.24) is 0 Å². The Morgan fingerprint density at radius 1 is 0.629 bits per heavy atom. The summed E-state index contributed by atoms with van der Waals surface area (Å²) in [5.41, 5.74) is -1.79. The normalized spacial score (nSPS) is 16.6. The highest BCUT2D eigenvalue weighted by Crippen LogP contribution is 2.21. The molecule has 0 atom stereocenters. The van der Waals surface area contributed by atoms with Crippen molar-refractivity contribution in [3.63, 3.8) is 0 Å². The molecule has 0 radical (unpaired) electrons. The molecule has 0 heterocycles. The van der Waals surface area contributed by atoms with Crippen molar-refractivity contribution < 1.29 is 48.8 Å². The van der Waals surface area contributed by atoms with Gasteiger partial charge in [-0.15, -0.1) is 0 Å². The summed E-state index contributed by atoms with van der Waals surface area (Å²) in [4.78, 5) is 55.2. The van der Waals surface area contributed by atoms with Crippen LogP contribution >= 0.6 is 0 Å². The van der Waals surface area contributed by atoms with E-state index in [1.165, 1.54) is 31.1 Å². The Hall–Kier alpha value is -3.69. The largest absolute Gasteiger partial charge is 0.478 e. The zero-order valence-electron chi connectivity index (χ0n) is 19.3. The first-order valence-electron chi connectivity index (χ1n) is 11.6.